The Balaban J connectivity index is 1.46. The fourth-order valence-electron chi connectivity index (χ4n) is 3.72. The number of nitrogens with zero attached hydrogens (tertiary/aromatic N) is 1. The fourth-order valence-corrected chi connectivity index (χ4v) is 4.00. The molecule has 0 radical (unpaired) electrons. The van der Waals surface area contributed by atoms with Gasteiger partial charge in [0, 0.05) is 35.7 Å². The Morgan fingerprint density at radius 1 is 1.26 bits per heavy atom. The SMILES string of the molecule is COc1cc(NC(=O)[C@H]2C[C@H]2c2ccccc2Cl)ccc1N1CCCC1=O. The first-order chi connectivity index (χ1) is 13.1. The molecule has 5 nitrogen and oxygen atoms in total. The average Bonchev–Trinajstić information content (AvgIpc) is 3.36. The second-order valence-electron chi connectivity index (χ2n) is 7.00. The van der Waals surface area contributed by atoms with Gasteiger partial charge >= 0.3 is 0 Å². The first kappa shape index (κ1) is 17.9. The van der Waals surface area contributed by atoms with Gasteiger partial charge < -0.3 is 15.0 Å². The number of nitrogens with one attached hydrogen (secondary N) is 1. The van der Waals surface area contributed by atoms with Crippen LogP contribution >= 0.6 is 11.6 Å². The van der Waals surface area contributed by atoms with E-state index >= 15 is 0 Å². The van der Waals surface area contributed by atoms with Crippen molar-refractivity contribution in [1.29, 1.82) is 0 Å². The molecule has 1 saturated carbocycles. The number of ether oxygens (including phenoxy) is 1. The lowest BCUT2D eigenvalue weighted by Gasteiger charge is -2.19. The topological polar surface area (TPSA) is 58.6 Å². The maximum absolute atomic E-state index is 12.6. The van der Waals surface area contributed by atoms with Crippen molar-refractivity contribution in [2.75, 3.05) is 23.9 Å². The highest BCUT2D eigenvalue weighted by atomic mass is 35.5. The van der Waals surface area contributed by atoms with E-state index in [1.807, 2.05) is 36.4 Å². The van der Waals surface area contributed by atoms with Crippen LogP contribution in [0.2, 0.25) is 5.02 Å². The minimum atomic E-state index is -0.0734. The number of halogens is 1. The quantitative estimate of drug-likeness (QED) is 0.839. The Hall–Kier alpha value is -2.53. The monoisotopic (exact) mass is 384 g/mol. The van der Waals surface area contributed by atoms with Crippen LogP contribution in [0.25, 0.3) is 0 Å². The Bertz CT molecular complexity index is 899. The summed E-state index contributed by atoms with van der Waals surface area (Å²) in [6.07, 6.45) is 2.21. The van der Waals surface area contributed by atoms with E-state index in [0.717, 1.165) is 24.1 Å². The van der Waals surface area contributed by atoms with Crippen molar-refractivity contribution in [3.05, 3.63) is 53.1 Å². The summed E-state index contributed by atoms with van der Waals surface area (Å²) in [5.41, 5.74) is 2.44. The Labute approximate surface area is 163 Å². The summed E-state index contributed by atoms with van der Waals surface area (Å²) < 4.78 is 5.45. The molecule has 1 saturated heterocycles. The molecule has 2 atom stereocenters. The Kier molecular flexibility index (Phi) is 4.79. The molecule has 27 heavy (non-hydrogen) atoms. The number of methoxy groups -OCH3 is 1. The van der Waals surface area contributed by atoms with E-state index in [4.69, 9.17) is 16.3 Å². The average molecular weight is 385 g/mol. The highest BCUT2D eigenvalue weighted by Gasteiger charge is 2.44. The Morgan fingerprint density at radius 2 is 2.07 bits per heavy atom. The molecule has 2 amide bonds. The number of anilines is 2. The third-order valence-electron chi connectivity index (χ3n) is 5.24. The van der Waals surface area contributed by atoms with Crippen LogP contribution in [0, 0.1) is 5.92 Å². The molecular weight excluding hydrogens is 364 g/mol. The van der Waals surface area contributed by atoms with Crippen LogP contribution < -0.4 is 15.0 Å². The van der Waals surface area contributed by atoms with Crippen LogP contribution in [0.5, 0.6) is 5.75 Å². The van der Waals surface area contributed by atoms with E-state index in [2.05, 4.69) is 5.32 Å². The summed E-state index contributed by atoms with van der Waals surface area (Å²) in [4.78, 5) is 26.3. The van der Waals surface area contributed by atoms with Gasteiger partial charge in [0.2, 0.25) is 11.8 Å². The molecule has 0 bridgehead atoms. The van der Waals surface area contributed by atoms with Crippen LogP contribution in [-0.4, -0.2) is 25.5 Å². The lowest BCUT2D eigenvalue weighted by molar-refractivity contribution is -0.118. The number of benzene rings is 2. The minimum Gasteiger partial charge on any atom is -0.494 e. The van der Waals surface area contributed by atoms with Gasteiger partial charge in [-0.15, -0.1) is 0 Å². The molecule has 2 aliphatic rings. The Morgan fingerprint density at radius 3 is 2.78 bits per heavy atom. The zero-order chi connectivity index (χ0) is 19.0. The number of hydrogen-bond acceptors (Lipinski definition) is 3. The summed E-state index contributed by atoms with van der Waals surface area (Å²) in [7, 11) is 1.57. The van der Waals surface area contributed by atoms with E-state index < -0.39 is 0 Å². The smallest absolute Gasteiger partial charge is 0.228 e. The summed E-state index contributed by atoms with van der Waals surface area (Å²) >= 11 is 6.24. The zero-order valence-corrected chi connectivity index (χ0v) is 15.8. The van der Waals surface area contributed by atoms with Crippen LogP contribution in [0.3, 0.4) is 0 Å². The predicted molar refractivity (Wildman–Crippen MR) is 106 cm³/mol. The summed E-state index contributed by atoms with van der Waals surface area (Å²) in [6, 6.07) is 13.1. The fraction of sp³-hybridized carbons (Fsp3) is 0.333. The van der Waals surface area contributed by atoms with Crippen LogP contribution in [0.4, 0.5) is 11.4 Å². The maximum atomic E-state index is 12.6. The third-order valence-corrected chi connectivity index (χ3v) is 5.59. The molecule has 2 aromatic carbocycles. The van der Waals surface area contributed by atoms with Gasteiger partial charge in [0.25, 0.3) is 0 Å². The normalized spacial score (nSPS) is 21.3. The number of carbonyl (C=O) groups is 2. The van der Waals surface area contributed by atoms with Crippen molar-refractivity contribution >= 4 is 34.8 Å². The number of rotatable bonds is 5. The lowest BCUT2D eigenvalue weighted by atomic mass is 10.1. The van der Waals surface area contributed by atoms with E-state index in [9.17, 15) is 9.59 Å². The van der Waals surface area contributed by atoms with E-state index in [-0.39, 0.29) is 23.7 Å². The molecule has 140 valence electrons. The molecule has 1 N–H and O–H groups in total. The molecule has 0 unspecified atom stereocenters. The van der Waals surface area contributed by atoms with Gasteiger partial charge in [-0.05, 0) is 42.5 Å². The van der Waals surface area contributed by atoms with Crippen molar-refractivity contribution in [2.24, 2.45) is 5.92 Å². The van der Waals surface area contributed by atoms with Gasteiger partial charge in [0.05, 0.1) is 12.8 Å². The predicted octanol–water partition coefficient (Wildman–Crippen LogP) is 4.22. The largest absolute Gasteiger partial charge is 0.494 e. The molecule has 2 aromatic rings. The minimum absolute atomic E-state index is 0.0213. The zero-order valence-electron chi connectivity index (χ0n) is 15.1. The van der Waals surface area contributed by atoms with Crippen LogP contribution in [0.1, 0.15) is 30.7 Å². The lowest BCUT2D eigenvalue weighted by Crippen LogP contribution is -2.24. The van der Waals surface area contributed by atoms with Crippen molar-refractivity contribution in [3.8, 4) is 5.75 Å². The van der Waals surface area contributed by atoms with Gasteiger partial charge in [-0.3, -0.25) is 9.59 Å². The van der Waals surface area contributed by atoms with Crippen molar-refractivity contribution in [2.45, 2.75) is 25.2 Å². The van der Waals surface area contributed by atoms with E-state index in [1.54, 1.807) is 18.1 Å². The summed E-state index contributed by atoms with van der Waals surface area (Å²) in [5, 5.41) is 3.67. The maximum Gasteiger partial charge on any atom is 0.228 e. The molecule has 1 aliphatic carbocycles. The number of carbonyl (C=O) groups excluding carboxylic acids is 2. The van der Waals surface area contributed by atoms with Crippen molar-refractivity contribution < 1.29 is 14.3 Å². The molecule has 1 aliphatic heterocycles. The molecule has 0 aromatic heterocycles. The molecular formula is C21H21ClN2O3. The van der Waals surface area contributed by atoms with E-state index in [0.29, 0.717) is 29.4 Å². The van der Waals surface area contributed by atoms with Crippen molar-refractivity contribution in [3.63, 3.8) is 0 Å². The number of hydrogen-bond donors (Lipinski definition) is 1. The molecule has 6 heteroatoms. The first-order valence-electron chi connectivity index (χ1n) is 9.12. The second-order valence-corrected chi connectivity index (χ2v) is 7.40. The number of amides is 2. The highest BCUT2D eigenvalue weighted by molar-refractivity contribution is 6.31. The highest BCUT2D eigenvalue weighted by Crippen LogP contribution is 2.50. The molecule has 0 spiro atoms. The third kappa shape index (κ3) is 3.52. The van der Waals surface area contributed by atoms with Crippen LogP contribution in [-0.2, 0) is 9.59 Å². The summed E-state index contributed by atoms with van der Waals surface area (Å²) in [6.45, 7) is 0.697. The van der Waals surface area contributed by atoms with Gasteiger partial charge in [-0.25, -0.2) is 0 Å². The van der Waals surface area contributed by atoms with Gasteiger partial charge in [0.15, 0.2) is 0 Å². The molecule has 2 fully saturated rings. The molecule has 1 heterocycles. The van der Waals surface area contributed by atoms with Gasteiger partial charge in [-0.1, -0.05) is 29.8 Å². The van der Waals surface area contributed by atoms with Crippen molar-refractivity contribution in [1.82, 2.24) is 0 Å². The summed E-state index contributed by atoms with van der Waals surface area (Å²) in [5.74, 6) is 0.761. The van der Waals surface area contributed by atoms with Gasteiger partial charge in [0.1, 0.15) is 5.75 Å². The molecule has 4 rings (SSSR count). The van der Waals surface area contributed by atoms with Crippen LogP contribution in [0.15, 0.2) is 42.5 Å². The van der Waals surface area contributed by atoms with E-state index in [1.165, 1.54) is 0 Å². The standard InChI is InChI=1S/C21H21ClN2O3/c1-27-19-11-13(8-9-18(19)24-10-4-7-20(24)25)23-21(26)16-12-15(16)14-5-2-3-6-17(14)22/h2-3,5-6,8-9,11,15-16H,4,7,10,12H2,1H3,(H,23,26)/t15-,16-/m0/s1. The van der Waals surface area contributed by atoms with Gasteiger partial charge in [-0.2, -0.15) is 0 Å². The second kappa shape index (κ2) is 7.24. The first-order valence-corrected chi connectivity index (χ1v) is 9.50.